The van der Waals surface area contributed by atoms with Crippen molar-refractivity contribution in [2.45, 2.75) is 40.3 Å². The number of aromatic nitrogens is 2. The summed E-state index contributed by atoms with van der Waals surface area (Å²) >= 11 is 6.16. The first kappa shape index (κ1) is 15.3. The zero-order valence-corrected chi connectivity index (χ0v) is 13.4. The van der Waals surface area contributed by atoms with E-state index in [1.807, 2.05) is 0 Å². The van der Waals surface area contributed by atoms with Gasteiger partial charge in [-0.25, -0.2) is 4.68 Å². The largest absolute Gasteiger partial charge is 0.383 e. The van der Waals surface area contributed by atoms with Crippen molar-refractivity contribution in [1.29, 1.82) is 0 Å². The Morgan fingerprint density at radius 2 is 2.00 bits per heavy atom. The van der Waals surface area contributed by atoms with Crippen molar-refractivity contribution in [3.63, 3.8) is 0 Å². The van der Waals surface area contributed by atoms with Gasteiger partial charge in [0.15, 0.2) is 0 Å². The van der Waals surface area contributed by atoms with Gasteiger partial charge in [-0.1, -0.05) is 39.3 Å². The Labute approximate surface area is 124 Å². The van der Waals surface area contributed by atoms with Crippen molar-refractivity contribution in [2.75, 3.05) is 19.0 Å². The van der Waals surface area contributed by atoms with E-state index >= 15 is 0 Å². The van der Waals surface area contributed by atoms with E-state index in [1.54, 1.807) is 13.3 Å². The number of anilines is 1. The molecule has 6 heteroatoms. The van der Waals surface area contributed by atoms with Gasteiger partial charge in [0.05, 0.1) is 25.0 Å². The molecule has 0 aromatic carbocycles. The molecule has 1 heterocycles. The van der Waals surface area contributed by atoms with E-state index in [1.165, 1.54) is 4.68 Å². The third kappa shape index (κ3) is 2.33. The van der Waals surface area contributed by atoms with Gasteiger partial charge in [0, 0.05) is 13.2 Å². The van der Waals surface area contributed by atoms with E-state index in [4.69, 9.17) is 16.3 Å². The predicted molar refractivity (Wildman–Crippen MR) is 80.4 cm³/mol. The molecule has 1 aromatic rings. The first-order chi connectivity index (χ1) is 9.23. The Morgan fingerprint density at radius 3 is 2.50 bits per heavy atom. The lowest BCUT2D eigenvalue weighted by Crippen LogP contribution is -2.26. The van der Waals surface area contributed by atoms with Crippen LogP contribution in [0.5, 0.6) is 0 Å². The molecule has 0 amide bonds. The molecule has 0 atom stereocenters. The van der Waals surface area contributed by atoms with Crippen molar-refractivity contribution in [3.05, 3.63) is 21.6 Å². The Hall–Kier alpha value is -1.07. The molecule has 1 fully saturated rings. The smallest absolute Gasteiger partial charge is 0.287 e. The van der Waals surface area contributed by atoms with Crippen molar-refractivity contribution < 1.29 is 4.74 Å². The molecule has 1 aromatic heterocycles. The van der Waals surface area contributed by atoms with Crippen LogP contribution < -0.4 is 10.9 Å². The van der Waals surface area contributed by atoms with E-state index in [9.17, 15) is 4.79 Å². The van der Waals surface area contributed by atoms with Crippen LogP contribution in [-0.4, -0.2) is 29.5 Å². The minimum atomic E-state index is -0.287. The van der Waals surface area contributed by atoms with Gasteiger partial charge in [-0.3, -0.25) is 4.79 Å². The van der Waals surface area contributed by atoms with E-state index < -0.39 is 0 Å². The number of hydrogen-bond donors (Lipinski definition) is 1. The van der Waals surface area contributed by atoms with Crippen molar-refractivity contribution in [2.24, 2.45) is 10.8 Å². The lowest BCUT2D eigenvalue weighted by Gasteiger charge is -2.11. The van der Waals surface area contributed by atoms with Gasteiger partial charge < -0.3 is 10.1 Å². The topological polar surface area (TPSA) is 56.1 Å². The molecule has 0 unspecified atom stereocenters. The van der Waals surface area contributed by atoms with Gasteiger partial charge in [-0.2, -0.15) is 5.10 Å². The van der Waals surface area contributed by atoms with Crippen LogP contribution in [-0.2, 0) is 11.3 Å². The zero-order chi connectivity index (χ0) is 15.1. The fourth-order valence-corrected chi connectivity index (χ4v) is 2.82. The lowest BCUT2D eigenvalue weighted by molar-refractivity contribution is 0.182. The average molecular weight is 300 g/mol. The van der Waals surface area contributed by atoms with Crippen LogP contribution in [0.15, 0.2) is 11.0 Å². The molecule has 0 bridgehead atoms. The second-order valence-corrected chi connectivity index (χ2v) is 6.79. The quantitative estimate of drug-likeness (QED) is 0.907. The van der Waals surface area contributed by atoms with Crippen LogP contribution in [0.4, 0.5) is 5.69 Å². The van der Waals surface area contributed by atoms with Crippen LogP contribution in [0.25, 0.3) is 0 Å². The maximum absolute atomic E-state index is 12.1. The summed E-state index contributed by atoms with van der Waals surface area (Å²) in [6.45, 7) is 9.63. The van der Waals surface area contributed by atoms with Crippen LogP contribution >= 0.6 is 11.6 Å². The highest BCUT2D eigenvalue weighted by atomic mass is 35.5. The van der Waals surface area contributed by atoms with E-state index in [0.29, 0.717) is 18.8 Å². The summed E-state index contributed by atoms with van der Waals surface area (Å²) in [5, 5.41) is 7.67. The molecular formula is C14H22ClN3O2. The fraction of sp³-hybridized carbons (Fsp3) is 0.714. The number of nitrogens with one attached hydrogen (secondary N) is 1. The van der Waals surface area contributed by atoms with Gasteiger partial charge in [0.25, 0.3) is 5.56 Å². The minimum Gasteiger partial charge on any atom is -0.383 e. The summed E-state index contributed by atoms with van der Waals surface area (Å²) in [6.07, 6.45) is 1.61. The zero-order valence-electron chi connectivity index (χ0n) is 12.7. The number of methoxy groups -OCH3 is 1. The maximum atomic E-state index is 12.1. The van der Waals surface area contributed by atoms with Gasteiger partial charge in [-0.15, -0.1) is 0 Å². The normalized spacial score (nSPS) is 19.9. The summed E-state index contributed by atoms with van der Waals surface area (Å²) in [5.74, 6) is 0. The van der Waals surface area contributed by atoms with Gasteiger partial charge in [0.2, 0.25) is 0 Å². The summed E-state index contributed by atoms with van der Waals surface area (Å²) in [4.78, 5) is 12.1. The van der Waals surface area contributed by atoms with E-state index in [-0.39, 0.29) is 27.5 Å². The Morgan fingerprint density at radius 1 is 1.40 bits per heavy atom. The monoisotopic (exact) mass is 299 g/mol. The summed E-state index contributed by atoms with van der Waals surface area (Å²) in [6, 6.07) is 0.281. The van der Waals surface area contributed by atoms with Gasteiger partial charge >= 0.3 is 0 Å². The first-order valence-corrected chi connectivity index (χ1v) is 7.12. The molecule has 0 aliphatic heterocycles. The molecule has 0 radical (unpaired) electrons. The highest BCUT2D eigenvalue weighted by Gasteiger charge is 2.65. The summed E-state index contributed by atoms with van der Waals surface area (Å²) in [7, 11) is 1.58. The Balaban J connectivity index is 2.19. The molecule has 1 N–H and O–H groups in total. The predicted octanol–water partition coefficient (Wildman–Crippen LogP) is 2.39. The number of halogens is 1. The highest BCUT2D eigenvalue weighted by Crippen LogP contribution is 2.63. The molecule has 20 heavy (non-hydrogen) atoms. The molecule has 0 spiro atoms. The molecule has 1 saturated carbocycles. The summed E-state index contributed by atoms with van der Waals surface area (Å²) in [5.41, 5.74) is 0.654. The van der Waals surface area contributed by atoms with E-state index in [0.717, 1.165) is 0 Å². The molecule has 112 valence electrons. The van der Waals surface area contributed by atoms with E-state index in [2.05, 4.69) is 38.1 Å². The summed E-state index contributed by atoms with van der Waals surface area (Å²) < 4.78 is 6.26. The van der Waals surface area contributed by atoms with Gasteiger partial charge in [-0.05, 0) is 10.8 Å². The van der Waals surface area contributed by atoms with Crippen LogP contribution in [0, 0.1) is 10.8 Å². The van der Waals surface area contributed by atoms with Crippen molar-refractivity contribution in [1.82, 2.24) is 9.78 Å². The molecular weight excluding hydrogens is 278 g/mol. The number of nitrogens with zero attached hydrogens (tertiary/aromatic N) is 2. The molecule has 2 rings (SSSR count). The third-order valence-corrected chi connectivity index (χ3v) is 5.18. The maximum Gasteiger partial charge on any atom is 0.287 e. The first-order valence-electron chi connectivity index (χ1n) is 6.74. The standard InChI is InChI=1S/C14H22ClN3O2/c1-13(2)12(14(13,3)4)17-9-8-16-18(6-7-20-5)11(19)10(9)15/h8,12,17H,6-7H2,1-5H3. The van der Waals surface area contributed by atoms with Crippen LogP contribution in [0.1, 0.15) is 27.7 Å². The number of rotatable bonds is 5. The average Bonchev–Trinajstić information content (AvgIpc) is 2.76. The van der Waals surface area contributed by atoms with Crippen molar-refractivity contribution in [3.8, 4) is 0 Å². The molecule has 5 nitrogen and oxygen atoms in total. The SMILES string of the molecule is COCCn1ncc(NC2C(C)(C)C2(C)C)c(Cl)c1=O. The van der Waals surface area contributed by atoms with Crippen LogP contribution in [0.2, 0.25) is 5.02 Å². The highest BCUT2D eigenvalue weighted by molar-refractivity contribution is 6.32. The number of ether oxygens (including phenoxy) is 1. The second kappa shape index (κ2) is 5.04. The minimum absolute atomic E-state index is 0.168. The Bertz CT molecular complexity index is 552. The number of hydrogen-bond acceptors (Lipinski definition) is 4. The molecule has 1 aliphatic rings. The van der Waals surface area contributed by atoms with Gasteiger partial charge in [0.1, 0.15) is 5.02 Å². The fourth-order valence-electron chi connectivity index (χ4n) is 2.62. The Kier molecular flexibility index (Phi) is 3.86. The van der Waals surface area contributed by atoms with Crippen molar-refractivity contribution >= 4 is 17.3 Å². The second-order valence-electron chi connectivity index (χ2n) is 6.41. The molecule has 0 saturated heterocycles. The molecule has 1 aliphatic carbocycles. The third-order valence-electron chi connectivity index (χ3n) is 4.81. The van der Waals surface area contributed by atoms with Crippen LogP contribution in [0.3, 0.4) is 0 Å². The lowest BCUT2D eigenvalue weighted by atomic mass is 10.0.